The molecular weight excluding hydrogens is 348 g/mol. The normalized spacial score (nSPS) is 30.1. The molecule has 1 unspecified atom stereocenters. The molecular formula is C23H36N4O. The lowest BCUT2D eigenvalue weighted by Crippen LogP contribution is -2.56. The van der Waals surface area contributed by atoms with Crippen molar-refractivity contribution >= 4 is 11.7 Å². The van der Waals surface area contributed by atoms with Gasteiger partial charge in [0, 0.05) is 45.5 Å². The summed E-state index contributed by atoms with van der Waals surface area (Å²) >= 11 is 0. The number of piperidine rings is 1. The maximum absolute atomic E-state index is 13.1. The van der Waals surface area contributed by atoms with Gasteiger partial charge in [0.25, 0.3) is 0 Å². The Morgan fingerprint density at radius 1 is 1.07 bits per heavy atom. The fraction of sp³-hybridized carbons (Fsp3) is 0.739. The second-order valence-corrected chi connectivity index (χ2v) is 9.76. The van der Waals surface area contributed by atoms with Crippen LogP contribution in [0.15, 0.2) is 24.4 Å². The van der Waals surface area contributed by atoms with Gasteiger partial charge in [-0.05, 0) is 55.7 Å². The smallest absolute Gasteiger partial charge is 0.229 e. The Bertz CT molecular complexity index is 683. The van der Waals surface area contributed by atoms with Crippen molar-refractivity contribution in [1.29, 1.82) is 0 Å². The monoisotopic (exact) mass is 384 g/mol. The lowest BCUT2D eigenvalue weighted by molar-refractivity contribution is -0.155. The number of nitrogens with zero attached hydrogens (tertiary/aromatic N) is 4. The summed E-state index contributed by atoms with van der Waals surface area (Å²) < 4.78 is 0. The molecule has 0 radical (unpaired) electrons. The van der Waals surface area contributed by atoms with Gasteiger partial charge in [0.05, 0.1) is 5.41 Å². The summed E-state index contributed by atoms with van der Waals surface area (Å²) in [4.78, 5) is 24.7. The number of piperazine rings is 1. The minimum absolute atomic E-state index is 0.141. The third-order valence-corrected chi connectivity index (χ3v) is 8.13. The highest BCUT2D eigenvalue weighted by atomic mass is 16.2. The Labute approximate surface area is 170 Å². The highest BCUT2D eigenvalue weighted by Gasteiger charge is 2.60. The zero-order chi connectivity index (χ0) is 19.8. The molecule has 2 aliphatic heterocycles. The first-order valence-corrected chi connectivity index (χ1v) is 11.1. The molecule has 1 aromatic heterocycles. The van der Waals surface area contributed by atoms with Gasteiger partial charge in [-0.1, -0.05) is 26.8 Å². The van der Waals surface area contributed by atoms with Crippen LogP contribution in [0.3, 0.4) is 0 Å². The highest BCUT2D eigenvalue weighted by molar-refractivity contribution is 5.85. The molecule has 154 valence electrons. The molecule has 0 spiro atoms. The Hall–Kier alpha value is -1.62. The number of aromatic nitrogens is 1. The van der Waals surface area contributed by atoms with E-state index < -0.39 is 0 Å². The van der Waals surface area contributed by atoms with Crippen LogP contribution in [0.5, 0.6) is 0 Å². The first kappa shape index (κ1) is 19.7. The molecule has 0 N–H and O–H groups in total. The van der Waals surface area contributed by atoms with Crippen molar-refractivity contribution in [3.05, 3.63) is 24.4 Å². The van der Waals surface area contributed by atoms with Crippen LogP contribution in [-0.2, 0) is 4.79 Å². The van der Waals surface area contributed by atoms with Crippen molar-refractivity contribution in [2.45, 2.75) is 46.5 Å². The lowest BCUT2D eigenvalue weighted by atomic mass is 9.62. The maximum atomic E-state index is 13.1. The quantitative estimate of drug-likeness (QED) is 0.706. The van der Waals surface area contributed by atoms with E-state index >= 15 is 0 Å². The SMILES string of the molecule is CC1(C)C2CC[C@@]1(C)C(=O)N(CCCCN1CCN(c3ccccn3)CC1)C2. The summed E-state index contributed by atoms with van der Waals surface area (Å²) in [6, 6.07) is 6.13. The fourth-order valence-electron chi connectivity index (χ4n) is 5.57. The van der Waals surface area contributed by atoms with E-state index in [1.165, 1.54) is 12.8 Å². The van der Waals surface area contributed by atoms with E-state index in [9.17, 15) is 4.79 Å². The summed E-state index contributed by atoms with van der Waals surface area (Å²) in [7, 11) is 0. The summed E-state index contributed by atoms with van der Waals surface area (Å²) in [5.41, 5.74) is 0.0194. The fourth-order valence-corrected chi connectivity index (χ4v) is 5.57. The Kier molecular flexibility index (Phi) is 5.38. The molecule has 4 rings (SSSR count). The molecule has 1 aliphatic carbocycles. The molecule has 3 heterocycles. The maximum Gasteiger partial charge on any atom is 0.229 e. The number of likely N-dealkylation sites (tertiary alicyclic amines) is 1. The lowest BCUT2D eigenvalue weighted by Gasteiger charge is -2.49. The summed E-state index contributed by atoms with van der Waals surface area (Å²) in [5, 5.41) is 0. The van der Waals surface area contributed by atoms with E-state index in [4.69, 9.17) is 0 Å². The van der Waals surface area contributed by atoms with Crippen LogP contribution in [-0.4, -0.2) is 66.5 Å². The average molecular weight is 385 g/mol. The van der Waals surface area contributed by atoms with Gasteiger partial charge in [0.2, 0.25) is 5.91 Å². The topological polar surface area (TPSA) is 39.7 Å². The van der Waals surface area contributed by atoms with Crippen LogP contribution in [0, 0.1) is 16.7 Å². The van der Waals surface area contributed by atoms with Gasteiger partial charge in [0.1, 0.15) is 5.82 Å². The number of anilines is 1. The molecule has 5 nitrogen and oxygen atoms in total. The van der Waals surface area contributed by atoms with Gasteiger partial charge in [-0.2, -0.15) is 0 Å². The van der Waals surface area contributed by atoms with Crippen LogP contribution < -0.4 is 4.90 Å². The van der Waals surface area contributed by atoms with Crippen molar-refractivity contribution in [1.82, 2.24) is 14.8 Å². The number of unbranched alkanes of at least 4 members (excludes halogenated alkanes) is 1. The van der Waals surface area contributed by atoms with Crippen LogP contribution >= 0.6 is 0 Å². The number of carbonyl (C=O) groups is 1. The molecule has 1 aromatic rings. The van der Waals surface area contributed by atoms with E-state index in [1.54, 1.807) is 0 Å². The van der Waals surface area contributed by atoms with E-state index in [0.717, 1.165) is 64.5 Å². The van der Waals surface area contributed by atoms with Gasteiger partial charge in [-0.15, -0.1) is 0 Å². The number of rotatable bonds is 6. The predicted octanol–water partition coefficient (Wildman–Crippen LogP) is 3.27. The molecule has 2 atom stereocenters. The zero-order valence-corrected chi connectivity index (χ0v) is 17.9. The van der Waals surface area contributed by atoms with E-state index in [2.05, 4.69) is 52.6 Å². The van der Waals surface area contributed by atoms with Crippen molar-refractivity contribution in [3.63, 3.8) is 0 Å². The molecule has 5 heteroatoms. The molecule has 1 saturated carbocycles. The first-order valence-electron chi connectivity index (χ1n) is 11.1. The van der Waals surface area contributed by atoms with Crippen LogP contribution in [0.1, 0.15) is 46.5 Å². The predicted molar refractivity (Wildman–Crippen MR) is 113 cm³/mol. The standard InChI is InChI=1S/C23H36N4O/c1-22(2)19-9-10-23(22,3)21(28)27(18-19)13-7-6-12-25-14-16-26(17-15-25)20-8-4-5-11-24-20/h4-5,8,11,19H,6-7,9-10,12-18H2,1-3H3/t19?,23-/m0/s1. The molecule has 28 heavy (non-hydrogen) atoms. The Balaban J connectivity index is 1.19. The number of fused-ring (bicyclic) bond motifs is 2. The summed E-state index contributed by atoms with van der Waals surface area (Å²) in [6.07, 6.45) is 6.46. The highest BCUT2D eigenvalue weighted by Crippen LogP contribution is 2.59. The van der Waals surface area contributed by atoms with Gasteiger partial charge in [-0.3, -0.25) is 9.69 Å². The third-order valence-electron chi connectivity index (χ3n) is 8.13. The van der Waals surface area contributed by atoms with Gasteiger partial charge in [0.15, 0.2) is 0 Å². The minimum atomic E-state index is -0.141. The molecule has 2 saturated heterocycles. The van der Waals surface area contributed by atoms with E-state index in [-0.39, 0.29) is 10.8 Å². The second-order valence-electron chi connectivity index (χ2n) is 9.76. The van der Waals surface area contributed by atoms with Crippen LogP contribution in [0.4, 0.5) is 5.82 Å². The number of pyridine rings is 1. The van der Waals surface area contributed by atoms with Crippen molar-refractivity contribution in [2.24, 2.45) is 16.7 Å². The largest absolute Gasteiger partial charge is 0.354 e. The Morgan fingerprint density at radius 2 is 1.82 bits per heavy atom. The number of hydrogen-bond acceptors (Lipinski definition) is 4. The average Bonchev–Trinajstić information content (AvgIpc) is 2.85. The summed E-state index contributed by atoms with van der Waals surface area (Å²) in [5.74, 6) is 2.18. The molecule has 2 bridgehead atoms. The molecule has 1 amide bonds. The third kappa shape index (κ3) is 3.42. The minimum Gasteiger partial charge on any atom is -0.354 e. The molecule has 3 fully saturated rings. The van der Waals surface area contributed by atoms with Crippen molar-refractivity contribution in [3.8, 4) is 0 Å². The van der Waals surface area contributed by atoms with Gasteiger partial charge in [-0.25, -0.2) is 4.98 Å². The van der Waals surface area contributed by atoms with Gasteiger partial charge >= 0.3 is 0 Å². The van der Waals surface area contributed by atoms with E-state index in [0.29, 0.717) is 11.8 Å². The van der Waals surface area contributed by atoms with Crippen LogP contribution in [0.2, 0.25) is 0 Å². The Morgan fingerprint density at radius 3 is 2.54 bits per heavy atom. The van der Waals surface area contributed by atoms with E-state index in [1.807, 2.05) is 12.3 Å². The van der Waals surface area contributed by atoms with Crippen LogP contribution in [0.25, 0.3) is 0 Å². The summed E-state index contributed by atoms with van der Waals surface area (Å²) in [6.45, 7) is 14.2. The van der Waals surface area contributed by atoms with Crippen molar-refractivity contribution in [2.75, 3.05) is 50.7 Å². The second kappa shape index (κ2) is 7.66. The van der Waals surface area contributed by atoms with Crippen molar-refractivity contribution < 1.29 is 4.79 Å². The number of hydrogen-bond donors (Lipinski definition) is 0. The first-order chi connectivity index (χ1) is 13.4. The molecule has 3 aliphatic rings. The number of carbonyl (C=O) groups excluding carboxylic acids is 1. The molecule has 0 aromatic carbocycles. The number of amides is 1. The zero-order valence-electron chi connectivity index (χ0n) is 17.9. The van der Waals surface area contributed by atoms with Gasteiger partial charge < -0.3 is 9.80 Å².